The summed E-state index contributed by atoms with van der Waals surface area (Å²) in [6.07, 6.45) is 0.835. The molecule has 9 nitrogen and oxygen atoms in total. The van der Waals surface area contributed by atoms with Gasteiger partial charge in [-0.25, -0.2) is 0 Å². The van der Waals surface area contributed by atoms with Crippen molar-refractivity contribution in [3.8, 4) is 5.75 Å². The third kappa shape index (κ3) is 3.73. The third-order valence-corrected chi connectivity index (χ3v) is 4.70. The number of likely N-dealkylation sites (tertiary alicyclic amines) is 1. The fourth-order valence-corrected chi connectivity index (χ4v) is 3.36. The van der Waals surface area contributed by atoms with Crippen LogP contribution in [-0.2, 0) is 9.59 Å². The lowest BCUT2D eigenvalue weighted by molar-refractivity contribution is -0.384. The largest absolute Gasteiger partial charge is 0.482 e. The number of carbonyl (C=O) groups is 2. The summed E-state index contributed by atoms with van der Waals surface area (Å²) in [5.74, 6) is 0.0137. The van der Waals surface area contributed by atoms with Crippen molar-refractivity contribution in [2.75, 3.05) is 31.1 Å². The molecule has 142 valence electrons. The molecule has 2 amide bonds. The number of fused-ring (bicyclic) bond motifs is 1. The Morgan fingerprint density at radius 1 is 1.46 bits per heavy atom. The van der Waals surface area contributed by atoms with Crippen molar-refractivity contribution in [2.24, 2.45) is 11.7 Å². The highest BCUT2D eigenvalue weighted by molar-refractivity contribution is 6.02. The van der Waals surface area contributed by atoms with Gasteiger partial charge < -0.3 is 15.4 Å². The lowest BCUT2D eigenvalue weighted by Gasteiger charge is -2.31. The molecule has 1 aromatic carbocycles. The Hall–Kier alpha value is -2.39. The van der Waals surface area contributed by atoms with Gasteiger partial charge in [0.15, 0.2) is 6.61 Å². The molecule has 2 N–H and O–H groups in total. The number of rotatable bonds is 4. The van der Waals surface area contributed by atoms with Gasteiger partial charge >= 0.3 is 0 Å². The number of nitrogens with zero attached hydrogens (tertiary/aromatic N) is 3. The number of benzene rings is 1. The first-order valence-corrected chi connectivity index (χ1v) is 8.12. The lowest BCUT2D eigenvalue weighted by Crippen LogP contribution is -2.47. The van der Waals surface area contributed by atoms with Gasteiger partial charge in [0.2, 0.25) is 5.91 Å². The van der Waals surface area contributed by atoms with Crippen molar-refractivity contribution in [1.29, 1.82) is 0 Å². The fourth-order valence-electron chi connectivity index (χ4n) is 3.36. The van der Waals surface area contributed by atoms with Crippen molar-refractivity contribution < 1.29 is 19.2 Å². The predicted molar refractivity (Wildman–Crippen MR) is 96.5 cm³/mol. The number of nitrogens with two attached hydrogens (primary N) is 1. The van der Waals surface area contributed by atoms with Crippen LogP contribution in [0.5, 0.6) is 5.75 Å². The van der Waals surface area contributed by atoms with Crippen LogP contribution in [0, 0.1) is 16.0 Å². The standard InChI is InChI=1S/C16H20N4O5.ClH/c1-10-4-11(6-17)7-18(10)15(21)8-19-13-5-12(20(23)24)2-3-14(13)25-9-16(19)22;/h2-3,5,10-11H,4,6-9,17H2,1H3;1H. The smallest absolute Gasteiger partial charge is 0.271 e. The van der Waals surface area contributed by atoms with Crippen LogP contribution in [0.2, 0.25) is 0 Å². The van der Waals surface area contributed by atoms with Crippen molar-refractivity contribution in [3.63, 3.8) is 0 Å². The maximum absolute atomic E-state index is 12.7. The first kappa shape index (κ1) is 19.9. The van der Waals surface area contributed by atoms with E-state index in [9.17, 15) is 19.7 Å². The van der Waals surface area contributed by atoms with Crippen LogP contribution in [0.4, 0.5) is 11.4 Å². The Bertz CT molecular complexity index is 729. The highest BCUT2D eigenvalue weighted by Gasteiger charge is 2.35. The minimum Gasteiger partial charge on any atom is -0.482 e. The second kappa shape index (κ2) is 7.88. The molecule has 2 atom stereocenters. The van der Waals surface area contributed by atoms with Gasteiger partial charge in [0.25, 0.3) is 11.6 Å². The normalized spacial score (nSPS) is 21.7. The molecule has 10 heteroatoms. The third-order valence-electron chi connectivity index (χ3n) is 4.70. The van der Waals surface area contributed by atoms with Crippen LogP contribution in [0.1, 0.15) is 13.3 Å². The van der Waals surface area contributed by atoms with E-state index < -0.39 is 10.8 Å². The summed E-state index contributed by atoms with van der Waals surface area (Å²) in [6, 6.07) is 4.07. The average molecular weight is 385 g/mol. The van der Waals surface area contributed by atoms with Gasteiger partial charge in [-0.15, -0.1) is 12.4 Å². The van der Waals surface area contributed by atoms with E-state index in [0.29, 0.717) is 18.8 Å². The molecule has 0 bridgehead atoms. The average Bonchev–Trinajstić information content (AvgIpc) is 2.98. The van der Waals surface area contributed by atoms with E-state index in [1.54, 1.807) is 4.90 Å². The van der Waals surface area contributed by atoms with E-state index in [0.717, 1.165) is 6.42 Å². The first-order chi connectivity index (χ1) is 11.9. The van der Waals surface area contributed by atoms with Crippen molar-refractivity contribution in [2.45, 2.75) is 19.4 Å². The minimum absolute atomic E-state index is 0. The molecule has 0 saturated carbocycles. The van der Waals surface area contributed by atoms with Crippen molar-refractivity contribution in [3.05, 3.63) is 28.3 Å². The van der Waals surface area contributed by atoms with Crippen molar-refractivity contribution >= 4 is 35.6 Å². The number of nitro groups is 1. The Kier molecular flexibility index (Phi) is 6.04. The molecule has 1 aromatic rings. The number of anilines is 1. The molecule has 26 heavy (non-hydrogen) atoms. The molecule has 1 fully saturated rings. The fraction of sp³-hybridized carbons (Fsp3) is 0.500. The number of nitro benzene ring substituents is 1. The summed E-state index contributed by atoms with van der Waals surface area (Å²) in [4.78, 5) is 38.3. The molecule has 2 aliphatic rings. The molecule has 1 saturated heterocycles. The highest BCUT2D eigenvalue weighted by atomic mass is 35.5. The van der Waals surface area contributed by atoms with Crippen LogP contribution in [0.3, 0.4) is 0 Å². The van der Waals surface area contributed by atoms with E-state index in [4.69, 9.17) is 10.5 Å². The van der Waals surface area contributed by atoms with Crippen LogP contribution in [-0.4, -0.2) is 53.9 Å². The van der Waals surface area contributed by atoms with E-state index in [1.807, 2.05) is 6.92 Å². The second-order valence-corrected chi connectivity index (χ2v) is 6.41. The molecule has 0 radical (unpaired) electrons. The number of ether oxygens (including phenoxy) is 1. The monoisotopic (exact) mass is 384 g/mol. The van der Waals surface area contributed by atoms with E-state index in [1.165, 1.54) is 23.1 Å². The molecule has 2 unspecified atom stereocenters. The quantitative estimate of drug-likeness (QED) is 0.609. The van der Waals surface area contributed by atoms with Crippen LogP contribution >= 0.6 is 12.4 Å². The Balaban J connectivity index is 0.00000243. The highest BCUT2D eigenvalue weighted by Crippen LogP contribution is 2.35. The Morgan fingerprint density at radius 3 is 2.81 bits per heavy atom. The van der Waals surface area contributed by atoms with Gasteiger partial charge in [0.1, 0.15) is 12.3 Å². The minimum atomic E-state index is -0.548. The second-order valence-electron chi connectivity index (χ2n) is 6.41. The van der Waals surface area contributed by atoms with Gasteiger partial charge in [0, 0.05) is 24.7 Å². The van der Waals surface area contributed by atoms with Gasteiger partial charge in [-0.3, -0.25) is 24.6 Å². The van der Waals surface area contributed by atoms with Gasteiger partial charge in [-0.05, 0) is 31.9 Å². The van der Waals surface area contributed by atoms with Crippen LogP contribution < -0.4 is 15.4 Å². The summed E-state index contributed by atoms with van der Waals surface area (Å²) in [5.41, 5.74) is 5.78. The number of hydrogen-bond acceptors (Lipinski definition) is 6. The zero-order valence-corrected chi connectivity index (χ0v) is 15.1. The van der Waals surface area contributed by atoms with Crippen molar-refractivity contribution in [1.82, 2.24) is 4.90 Å². The maximum atomic E-state index is 12.7. The van der Waals surface area contributed by atoms with E-state index >= 15 is 0 Å². The Labute approximate surface area is 156 Å². The first-order valence-electron chi connectivity index (χ1n) is 8.12. The molecule has 0 aliphatic carbocycles. The molecular formula is C16H21ClN4O5. The zero-order chi connectivity index (χ0) is 18.1. The summed E-state index contributed by atoms with van der Waals surface area (Å²) >= 11 is 0. The summed E-state index contributed by atoms with van der Waals surface area (Å²) in [7, 11) is 0. The zero-order valence-electron chi connectivity index (χ0n) is 14.3. The number of non-ortho nitro benzene ring substituents is 1. The number of hydrogen-bond donors (Lipinski definition) is 1. The summed E-state index contributed by atoms with van der Waals surface area (Å²) in [6.45, 7) is 2.67. The molecular weight excluding hydrogens is 364 g/mol. The van der Waals surface area contributed by atoms with E-state index in [2.05, 4.69) is 0 Å². The molecule has 2 aliphatic heterocycles. The van der Waals surface area contributed by atoms with Gasteiger partial charge in [-0.2, -0.15) is 0 Å². The van der Waals surface area contributed by atoms with Gasteiger partial charge in [0.05, 0.1) is 10.6 Å². The molecule has 0 spiro atoms. The van der Waals surface area contributed by atoms with E-state index in [-0.39, 0.29) is 54.8 Å². The number of amides is 2. The summed E-state index contributed by atoms with van der Waals surface area (Å²) in [5, 5.41) is 11.0. The number of halogens is 1. The topological polar surface area (TPSA) is 119 Å². The van der Waals surface area contributed by atoms with Gasteiger partial charge in [-0.1, -0.05) is 0 Å². The lowest BCUT2D eigenvalue weighted by atomic mass is 10.1. The van der Waals surface area contributed by atoms with Crippen LogP contribution in [0.15, 0.2) is 18.2 Å². The summed E-state index contributed by atoms with van der Waals surface area (Å²) < 4.78 is 5.31. The SMILES string of the molecule is CC1CC(CN)CN1C(=O)CN1C(=O)COc2ccc([N+](=O)[O-])cc21.Cl. The Morgan fingerprint density at radius 2 is 2.19 bits per heavy atom. The maximum Gasteiger partial charge on any atom is 0.271 e. The predicted octanol–water partition coefficient (Wildman–Crippen LogP) is 0.938. The van der Waals surface area contributed by atoms with Crippen LogP contribution in [0.25, 0.3) is 0 Å². The molecule has 2 heterocycles. The number of carbonyl (C=O) groups excluding carboxylic acids is 2. The molecule has 3 rings (SSSR count). The molecule has 0 aromatic heterocycles.